The molecule has 0 unspecified atom stereocenters. The molecule has 0 saturated carbocycles. The average Bonchev–Trinajstić information content (AvgIpc) is 3.03. The van der Waals surface area contributed by atoms with Crippen molar-refractivity contribution in [3.63, 3.8) is 0 Å². The van der Waals surface area contributed by atoms with E-state index in [1.165, 1.54) is 11.1 Å². The van der Waals surface area contributed by atoms with Crippen molar-refractivity contribution in [3.8, 4) is 28.6 Å². The van der Waals surface area contributed by atoms with Gasteiger partial charge in [-0.1, -0.05) is 12.1 Å². The minimum absolute atomic E-state index is 0.253. The van der Waals surface area contributed by atoms with Crippen molar-refractivity contribution in [2.75, 3.05) is 5.73 Å². The third-order valence-electron chi connectivity index (χ3n) is 3.85. The van der Waals surface area contributed by atoms with Crippen LogP contribution in [0.25, 0.3) is 22.5 Å². The number of benzene rings is 1. The molecule has 0 amide bonds. The lowest BCUT2D eigenvalue weighted by atomic mass is 10.00. The number of hydrogen-bond acceptors (Lipinski definition) is 3. The number of nitrogens with one attached hydrogen (secondary N) is 1. The van der Waals surface area contributed by atoms with Gasteiger partial charge in [0.15, 0.2) is 0 Å². The number of aromatic amines is 1. The topological polar surface area (TPSA) is 78.5 Å². The number of nitriles is 1. The van der Waals surface area contributed by atoms with Crippen molar-refractivity contribution in [1.29, 1.82) is 5.26 Å². The Hall–Kier alpha value is -3.06. The van der Waals surface area contributed by atoms with Crippen molar-refractivity contribution in [2.24, 2.45) is 0 Å². The van der Waals surface area contributed by atoms with Crippen LogP contribution in [-0.2, 0) is 0 Å². The number of pyridine rings is 1. The van der Waals surface area contributed by atoms with Crippen LogP contribution >= 0.6 is 0 Å². The maximum atomic E-state index is 9.36. The molecule has 4 nitrogen and oxygen atoms in total. The summed E-state index contributed by atoms with van der Waals surface area (Å²) in [6.45, 7) is 4.14. The molecule has 3 aromatic rings. The molecule has 3 rings (SSSR count). The molecule has 0 aliphatic carbocycles. The molecular weight excluding hydrogens is 272 g/mol. The number of nitrogens with two attached hydrogens (primary N) is 1. The fraction of sp³-hybridized carbons (Fsp3) is 0.111. The predicted molar refractivity (Wildman–Crippen MR) is 88.1 cm³/mol. The zero-order valence-corrected chi connectivity index (χ0v) is 12.5. The first-order valence-corrected chi connectivity index (χ1v) is 7.02. The van der Waals surface area contributed by atoms with Crippen LogP contribution in [0, 0.1) is 25.2 Å². The van der Waals surface area contributed by atoms with E-state index in [9.17, 15) is 5.26 Å². The number of aryl methyl sites for hydroxylation is 2. The van der Waals surface area contributed by atoms with Crippen molar-refractivity contribution in [2.45, 2.75) is 13.8 Å². The van der Waals surface area contributed by atoms with Gasteiger partial charge in [-0.3, -0.25) is 0 Å². The number of anilines is 1. The van der Waals surface area contributed by atoms with E-state index in [1.807, 2.05) is 30.5 Å². The highest BCUT2D eigenvalue weighted by Gasteiger charge is 2.14. The summed E-state index contributed by atoms with van der Waals surface area (Å²) in [5.41, 5.74) is 12.2. The van der Waals surface area contributed by atoms with Gasteiger partial charge in [0.25, 0.3) is 0 Å². The second-order valence-electron chi connectivity index (χ2n) is 5.31. The van der Waals surface area contributed by atoms with Gasteiger partial charge in [0.05, 0.1) is 5.69 Å². The highest BCUT2D eigenvalue weighted by molar-refractivity contribution is 5.78. The predicted octanol–water partition coefficient (Wildman–Crippen LogP) is 3.81. The van der Waals surface area contributed by atoms with Crippen molar-refractivity contribution in [1.82, 2.24) is 9.97 Å². The zero-order chi connectivity index (χ0) is 15.7. The number of hydrogen-bond donors (Lipinski definition) is 2. The van der Waals surface area contributed by atoms with E-state index < -0.39 is 0 Å². The molecule has 0 aliphatic rings. The van der Waals surface area contributed by atoms with Crippen LogP contribution < -0.4 is 5.73 Å². The number of nitrogen functional groups attached to an aromatic ring is 1. The maximum Gasteiger partial charge on any atom is 0.142 e. The van der Waals surface area contributed by atoms with Gasteiger partial charge in [-0.05, 0) is 49.2 Å². The number of rotatable bonds is 2. The Kier molecular flexibility index (Phi) is 3.40. The third-order valence-corrected chi connectivity index (χ3v) is 3.85. The van der Waals surface area contributed by atoms with Crippen LogP contribution in [0.2, 0.25) is 0 Å². The van der Waals surface area contributed by atoms with E-state index in [1.54, 1.807) is 0 Å². The van der Waals surface area contributed by atoms with Crippen LogP contribution in [0.15, 0.2) is 42.6 Å². The minimum atomic E-state index is 0.253. The smallest absolute Gasteiger partial charge is 0.142 e. The molecule has 0 saturated heterocycles. The van der Waals surface area contributed by atoms with E-state index in [2.05, 4.69) is 42.0 Å². The lowest BCUT2D eigenvalue weighted by Gasteiger charge is -2.10. The van der Waals surface area contributed by atoms with E-state index in [-0.39, 0.29) is 5.82 Å². The first-order valence-electron chi connectivity index (χ1n) is 7.02. The van der Waals surface area contributed by atoms with Gasteiger partial charge < -0.3 is 10.7 Å². The van der Waals surface area contributed by atoms with Gasteiger partial charge in [-0.15, -0.1) is 0 Å². The Morgan fingerprint density at radius 1 is 1.14 bits per heavy atom. The summed E-state index contributed by atoms with van der Waals surface area (Å²) in [5.74, 6) is 0.253. The third kappa shape index (κ3) is 2.33. The summed E-state index contributed by atoms with van der Waals surface area (Å²) in [4.78, 5) is 7.52. The largest absolute Gasteiger partial charge is 0.383 e. The van der Waals surface area contributed by atoms with E-state index >= 15 is 0 Å². The molecule has 0 radical (unpaired) electrons. The van der Waals surface area contributed by atoms with E-state index in [0.717, 1.165) is 22.5 Å². The summed E-state index contributed by atoms with van der Waals surface area (Å²) in [6, 6.07) is 14.0. The highest BCUT2D eigenvalue weighted by atomic mass is 14.9. The van der Waals surface area contributed by atoms with Gasteiger partial charge in [0, 0.05) is 23.0 Å². The van der Waals surface area contributed by atoms with Crippen LogP contribution in [0.1, 0.15) is 16.7 Å². The summed E-state index contributed by atoms with van der Waals surface area (Å²) in [6.07, 6.45) is 1.82. The van der Waals surface area contributed by atoms with Crippen LogP contribution in [0.4, 0.5) is 5.82 Å². The molecule has 3 N–H and O–H groups in total. The van der Waals surface area contributed by atoms with Crippen molar-refractivity contribution < 1.29 is 0 Å². The first kappa shape index (κ1) is 13.9. The quantitative estimate of drug-likeness (QED) is 0.752. The van der Waals surface area contributed by atoms with E-state index in [4.69, 9.17) is 5.73 Å². The maximum absolute atomic E-state index is 9.36. The highest BCUT2D eigenvalue weighted by Crippen LogP contribution is 2.30. The lowest BCUT2D eigenvalue weighted by Crippen LogP contribution is -2.00. The number of aromatic nitrogens is 2. The molecule has 108 valence electrons. The Morgan fingerprint density at radius 2 is 1.95 bits per heavy atom. The fourth-order valence-corrected chi connectivity index (χ4v) is 2.44. The molecule has 0 atom stereocenters. The Labute approximate surface area is 129 Å². The molecule has 2 aromatic heterocycles. The van der Waals surface area contributed by atoms with Crippen LogP contribution in [0.3, 0.4) is 0 Å². The fourth-order valence-electron chi connectivity index (χ4n) is 2.44. The van der Waals surface area contributed by atoms with Crippen molar-refractivity contribution in [3.05, 3.63) is 59.3 Å². The normalized spacial score (nSPS) is 10.4. The Balaban J connectivity index is 2.22. The monoisotopic (exact) mass is 288 g/mol. The summed E-state index contributed by atoms with van der Waals surface area (Å²) in [5, 5.41) is 9.36. The standard InChI is InChI=1S/C18H16N4/c1-11-5-6-13(8-12(11)2)17-9-14(16-4-3-7-21-16)15(10-19)18(20)22-17/h3-9,21H,1-2H3,(H2,20,22). The second kappa shape index (κ2) is 5.38. The average molecular weight is 288 g/mol. The zero-order valence-electron chi connectivity index (χ0n) is 12.5. The molecule has 0 spiro atoms. The summed E-state index contributed by atoms with van der Waals surface area (Å²) < 4.78 is 0. The SMILES string of the molecule is Cc1ccc(-c2cc(-c3ccc[nH]3)c(C#N)c(N)n2)cc1C. The molecule has 1 aromatic carbocycles. The van der Waals surface area contributed by atoms with E-state index in [0.29, 0.717) is 5.56 Å². The van der Waals surface area contributed by atoms with Crippen LogP contribution in [0.5, 0.6) is 0 Å². The van der Waals surface area contributed by atoms with Crippen molar-refractivity contribution >= 4 is 5.82 Å². The van der Waals surface area contributed by atoms with Gasteiger partial charge in [0.2, 0.25) is 0 Å². The molecule has 0 fully saturated rings. The second-order valence-corrected chi connectivity index (χ2v) is 5.31. The molecule has 0 bridgehead atoms. The number of H-pyrrole nitrogens is 1. The first-order chi connectivity index (χ1) is 10.6. The minimum Gasteiger partial charge on any atom is -0.383 e. The molecule has 22 heavy (non-hydrogen) atoms. The molecule has 4 heteroatoms. The molecule has 0 aliphatic heterocycles. The number of nitrogens with zero attached hydrogens (tertiary/aromatic N) is 2. The lowest BCUT2D eigenvalue weighted by molar-refractivity contribution is 1.28. The van der Waals surface area contributed by atoms with Crippen LogP contribution in [-0.4, -0.2) is 9.97 Å². The molecule has 2 heterocycles. The Bertz CT molecular complexity index is 871. The summed E-state index contributed by atoms with van der Waals surface area (Å²) >= 11 is 0. The Morgan fingerprint density at radius 3 is 2.59 bits per heavy atom. The van der Waals surface area contributed by atoms with Gasteiger partial charge in [-0.2, -0.15) is 5.26 Å². The van der Waals surface area contributed by atoms with Gasteiger partial charge >= 0.3 is 0 Å². The van der Waals surface area contributed by atoms with Gasteiger partial charge in [-0.25, -0.2) is 4.98 Å². The summed E-state index contributed by atoms with van der Waals surface area (Å²) in [7, 11) is 0. The molecular formula is C18H16N4. The van der Waals surface area contributed by atoms with Gasteiger partial charge in [0.1, 0.15) is 17.5 Å².